The summed E-state index contributed by atoms with van der Waals surface area (Å²) in [5.74, 6) is 0. The Labute approximate surface area is 85.3 Å². The van der Waals surface area contributed by atoms with Crippen molar-refractivity contribution in [2.24, 2.45) is 0 Å². The highest BCUT2D eigenvalue weighted by Crippen LogP contribution is 2.24. The number of nitrogens with one attached hydrogen (secondary N) is 1. The molecule has 0 amide bonds. The summed E-state index contributed by atoms with van der Waals surface area (Å²) in [4.78, 5) is 0. The SMILES string of the molecule is [O-][NH+](O)/C=C/c1c(Cl)cccc1Cl. The lowest BCUT2D eigenvalue weighted by atomic mass is 10.2. The van der Waals surface area contributed by atoms with Crippen LogP contribution in [0.15, 0.2) is 24.4 Å². The molecule has 1 aromatic carbocycles. The molecular formula is C8H7Cl2NO2. The van der Waals surface area contributed by atoms with E-state index in [-0.39, 0.29) is 0 Å². The average Bonchev–Trinajstić information content (AvgIpc) is 2.03. The first-order valence-electron chi connectivity index (χ1n) is 3.46. The minimum Gasteiger partial charge on any atom is -0.595 e. The fraction of sp³-hybridized carbons (Fsp3) is 0. The van der Waals surface area contributed by atoms with Crippen molar-refractivity contribution >= 4 is 29.3 Å². The summed E-state index contributed by atoms with van der Waals surface area (Å²) in [7, 11) is 0. The Morgan fingerprint density at radius 3 is 2.31 bits per heavy atom. The molecule has 0 saturated carbocycles. The Morgan fingerprint density at radius 1 is 1.31 bits per heavy atom. The van der Waals surface area contributed by atoms with Gasteiger partial charge in [0.1, 0.15) is 6.20 Å². The zero-order chi connectivity index (χ0) is 9.84. The van der Waals surface area contributed by atoms with E-state index < -0.39 is 5.23 Å². The van der Waals surface area contributed by atoms with Crippen LogP contribution in [0.3, 0.4) is 0 Å². The largest absolute Gasteiger partial charge is 0.595 e. The van der Waals surface area contributed by atoms with E-state index in [0.29, 0.717) is 15.6 Å². The molecule has 0 bridgehead atoms. The molecule has 3 nitrogen and oxygen atoms in total. The van der Waals surface area contributed by atoms with Crippen molar-refractivity contribution < 1.29 is 10.4 Å². The number of halogens is 2. The van der Waals surface area contributed by atoms with Crippen LogP contribution in [0.4, 0.5) is 0 Å². The molecule has 0 heterocycles. The summed E-state index contributed by atoms with van der Waals surface area (Å²) in [5.41, 5.74) is 0.522. The maximum Gasteiger partial charge on any atom is 0.128 e. The van der Waals surface area contributed by atoms with Gasteiger partial charge in [0.15, 0.2) is 0 Å². The molecule has 0 aliphatic rings. The highest BCUT2D eigenvalue weighted by Gasteiger charge is 2.01. The molecule has 0 aliphatic heterocycles. The molecule has 1 unspecified atom stereocenters. The number of benzene rings is 1. The van der Waals surface area contributed by atoms with Gasteiger partial charge in [0.25, 0.3) is 0 Å². The van der Waals surface area contributed by atoms with E-state index in [4.69, 9.17) is 28.4 Å². The van der Waals surface area contributed by atoms with Gasteiger partial charge in [-0.1, -0.05) is 29.3 Å². The Hall–Kier alpha value is -0.580. The highest BCUT2D eigenvalue weighted by atomic mass is 35.5. The summed E-state index contributed by atoms with van der Waals surface area (Å²) >= 11 is 11.6. The highest BCUT2D eigenvalue weighted by molar-refractivity contribution is 6.37. The number of hydroxylamine groups is 2. The van der Waals surface area contributed by atoms with E-state index in [0.717, 1.165) is 6.20 Å². The zero-order valence-corrected chi connectivity index (χ0v) is 8.01. The third-order valence-corrected chi connectivity index (χ3v) is 2.05. The molecule has 0 spiro atoms. The van der Waals surface area contributed by atoms with Crippen molar-refractivity contribution in [3.63, 3.8) is 0 Å². The lowest BCUT2D eigenvalue weighted by molar-refractivity contribution is -1.00. The van der Waals surface area contributed by atoms with Gasteiger partial charge in [0.2, 0.25) is 0 Å². The van der Waals surface area contributed by atoms with Gasteiger partial charge in [0.05, 0.1) is 0 Å². The number of hydrogen-bond donors (Lipinski definition) is 2. The van der Waals surface area contributed by atoms with Gasteiger partial charge in [-0.05, 0) is 12.1 Å². The predicted octanol–water partition coefficient (Wildman–Crippen LogP) is 1.74. The van der Waals surface area contributed by atoms with Gasteiger partial charge in [-0.15, -0.1) is 0 Å². The molecule has 0 fully saturated rings. The van der Waals surface area contributed by atoms with E-state index in [1.807, 2.05) is 0 Å². The van der Waals surface area contributed by atoms with Crippen LogP contribution in [0, 0.1) is 5.21 Å². The molecule has 13 heavy (non-hydrogen) atoms. The normalized spacial score (nSPS) is 13.5. The van der Waals surface area contributed by atoms with E-state index in [2.05, 4.69) is 0 Å². The average molecular weight is 220 g/mol. The fourth-order valence-electron chi connectivity index (χ4n) is 0.825. The van der Waals surface area contributed by atoms with Crippen molar-refractivity contribution in [3.05, 3.63) is 45.2 Å². The molecule has 1 rings (SSSR count). The first kappa shape index (κ1) is 10.5. The molecule has 0 radical (unpaired) electrons. The molecule has 70 valence electrons. The maximum atomic E-state index is 10.2. The summed E-state index contributed by atoms with van der Waals surface area (Å²) in [5, 5.41) is 18.4. The van der Waals surface area contributed by atoms with E-state index in [9.17, 15) is 5.21 Å². The van der Waals surface area contributed by atoms with Crippen molar-refractivity contribution in [1.82, 2.24) is 0 Å². The molecule has 1 aromatic rings. The summed E-state index contributed by atoms with van der Waals surface area (Å²) in [6.45, 7) is 0. The van der Waals surface area contributed by atoms with Gasteiger partial charge in [-0.25, -0.2) is 10.4 Å². The lowest BCUT2D eigenvalue weighted by Crippen LogP contribution is -2.99. The molecule has 0 saturated heterocycles. The minimum absolute atomic E-state index is 0.435. The van der Waals surface area contributed by atoms with Crippen LogP contribution in [0.5, 0.6) is 0 Å². The maximum absolute atomic E-state index is 10.2. The van der Waals surface area contributed by atoms with Crippen LogP contribution in [-0.2, 0) is 0 Å². The first-order chi connectivity index (χ1) is 6.11. The van der Waals surface area contributed by atoms with Gasteiger partial charge in [-0.2, -0.15) is 0 Å². The molecular weight excluding hydrogens is 213 g/mol. The van der Waals surface area contributed by atoms with Crippen molar-refractivity contribution in [3.8, 4) is 0 Å². The van der Waals surface area contributed by atoms with Gasteiger partial charge in [0, 0.05) is 21.7 Å². The van der Waals surface area contributed by atoms with Gasteiger partial charge < -0.3 is 5.21 Å². The topological polar surface area (TPSA) is 47.7 Å². The minimum atomic E-state index is -1.03. The molecule has 2 N–H and O–H groups in total. The predicted molar refractivity (Wildman–Crippen MR) is 51.6 cm³/mol. The third kappa shape index (κ3) is 2.99. The van der Waals surface area contributed by atoms with Crippen molar-refractivity contribution in [2.45, 2.75) is 0 Å². The van der Waals surface area contributed by atoms with E-state index >= 15 is 0 Å². The molecule has 1 atom stereocenters. The summed E-state index contributed by atoms with van der Waals surface area (Å²) < 4.78 is 0. The monoisotopic (exact) mass is 219 g/mol. The second-order valence-corrected chi connectivity index (χ2v) is 3.12. The number of quaternary nitrogens is 1. The van der Waals surface area contributed by atoms with Crippen LogP contribution >= 0.6 is 23.2 Å². The third-order valence-electron chi connectivity index (χ3n) is 1.39. The first-order valence-corrected chi connectivity index (χ1v) is 4.22. The lowest BCUT2D eigenvalue weighted by Gasteiger charge is -2.05. The Balaban J connectivity index is 3.00. The van der Waals surface area contributed by atoms with Crippen LogP contribution in [0.2, 0.25) is 10.0 Å². The second-order valence-electron chi connectivity index (χ2n) is 2.31. The van der Waals surface area contributed by atoms with Crippen molar-refractivity contribution in [2.75, 3.05) is 0 Å². The zero-order valence-electron chi connectivity index (χ0n) is 6.50. The second kappa shape index (κ2) is 4.60. The van der Waals surface area contributed by atoms with E-state index in [1.54, 1.807) is 18.2 Å². The number of rotatable bonds is 2. The standard InChI is InChI=1S/C8H7Cl2NO2/c9-7-2-1-3-8(10)6(7)4-5-11(12)13/h1-5,11-12H/b5-4+. The van der Waals surface area contributed by atoms with Crippen LogP contribution < -0.4 is 5.23 Å². The van der Waals surface area contributed by atoms with E-state index in [1.165, 1.54) is 6.08 Å². The van der Waals surface area contributed by atoms with Crippen LogP contribution in [0.1, 0.15) is 5.56 Å². The molecule has 5 heteroatoms. The Bertz CT molecular complexity index is 306. The summed E-state index contributed by atoms with van der Waals surface area (Å²) in [6.07, 6.45) is 2.36. The van der Waals surface area contributed by atoms with Gasteiger partial charge >= 0.3 is 0 Å². The van der Waals surface area contributed by atoms with Crippen LogP contribution in [0.25, 0.3) is 6.08 Å². The Morgan fingerprint density at radius 2 is 1.85 bits per heavy atom. The molecule has 0 aliphatic carbocycles. The quantitative estimate of drug-likeness (QED) is 0.745. The summed E-state index contributed by atoms with van der Waals surface area (Å²) in [6, 6.07) is 4.99. The van der Waals surface area contributed by atoms with Gasteiger partial charge in [-0.3, -0.25) is 0 Å². The molecule has 0 aromatic heterocycles. The number of hydrogen-bond acceptors (Lipinski definition) is 2. The van der Waals surface area contributed by atoms with Crippen LogP contribution in [-0.4, -0.2) is 5.21 Å². The Kier molecular flexibility index (Phi) is 3.71. The van der Waals surface area contributed by atoms with Crippen molar-refractivity contribution in [1.29, 1.82) is 0 Å². The smallest absolute Gasteiger partial charge is 0.128 e. The fourth-order valence-corrected chi connectivity index (χ4v) is 1.35.